The van der Waals surface area contributed by atoms with E-state index in [4.69, 9.17) is 9.47 Å². The molecule has 0 unspecified atom stereocenters. The first-order chi connectivity index (χ1) is 14.6. The molecule has 30 heavy (non-hydrogen) atoms. The highest BCUT2D eigenvalue weighted by molar-refractivity contribution is 5.95. The van der Waals surface area contributed by atoms with Crippen molar-refractivity contribution in [2.24, 2.45) is 0 Å². The van der Waals surface area contributed by atoms with Gasteiger partial charge < -0.3 is 9.47 Å². The molecule has 0 aliphatic rings. The number of aryl methyl sites for hydroxylation is 1. The molecule has 0 saturated heterocycles. The van der Waals surface area contributed by atoms with Gasteiger partial charge >= 0.3 is 0 Å². The molecular weight excluding hydrogens is 380 g/mol. The summed E-state index contributed by atoms with van der Waals surface area (Å²) in [5.74, 6) is 0.392. The molecule has 0 spiro atoms. The van der Waals surface area contributed by atoms with E-state index in [0.29, 0.717) is 23.7 Å². The fourth-order valence-corrected chi connectivity index (χ4v) is 2.68. The number of hydrogen-bond donors (Lipinski definition) is 2. The van der Waals surface area contributed by atoms with Crippen molar-refractivity contribution in [1.29, 1.82) is 0 Å². The van der Waals surface area contributed by atoms with E-state index in [2.05, 4.69) is 10.9 Å². The average Bonchev–Trinajstić information content (AvgIpc) is 2.81. The van der Waals surface area contributed by atoms with E-state index in [1.165, 1.54) is 0 Å². The molecule has 6 heteroatoms. The zero-order chi connectivity index (χ0) is 21.2. The van der Waals surface area contributed by atoms with Crippen molar-refractivity contribution < 1.29 is 19.1 Å². The second-order valence-electron chi connectivity index (χ2n) is 6.59. The number of hydrazine groups is 1. The quantitative estimate of drug-likeness (QED) is 0.562. The van der Waals surface area contributed by atoms with Crippen LogP contribution in [0.4, 0.5) is 0 Å². The second-order valence-corrected chi connectivity index (χ2v) is 6.59. The topological polar surface area (TPSA) is 76.7 Å². The molecule has 0 fully saturated rings. The van der Waals surface area contributed by atoms with E-state index in [9.17, 15) is 9.59 Å². The van der Waals surface area contributed by atoms with Crippen LogP contribution in [0.5, 0.6) is 11.5 Å². The Bertz CT molecular complexity index is 972. The molecule has 2 amide bonds. The molecule has 3 rings (SSSR count). The first kappa shape index (κ1) is 20.9. The Morgan fingerprint density at radius 1 is 0.767 bits per heavy atom. The van der Waals surface area contributed by atoms with Gasteiger partial charge in [0.2, 0.25) is 0 Å². The van der Waals surface area contributed by atoms with E-state index >= 15 is 0 Å². The summed E-state index contributed by atoms with van der Waals surface area (Å²) in [4.78, 5) is 24.1. The Hall–Kier alpha value is -3.80. The van der Waals surface area contributed by atoms with Crippen LogP contribution < -0.4 is 20.3 Å². The van der Waals surface area contributed by atoms with Crippen LogP contribution in [0, 0.1) is 0 Å². The van der Waals surface area contributed by atoms with E-state index in [1.54, 1.807) is 30.3 Å². The molecule has 0 radical (unpaired) electrons. The van der Waals surface area contributed by atoms with Crippen molar-refractivity contribution in [3.8, 4) is 11.5 Å². The minimum atomic E-state index is -0.451. The maximum Gasteiger partial charge on any atom is 0.276 e. The summed E-state index contributed by atoms with van der Waals surface area (Å²) < 4.78 is 11.1. The average molecular weight is 404 g/mol. The first-order valence-electron chi connectivity index (χ1n) is 9.72. The van der Waals surface area contributed by atoms with Gasteiger partial charge in [0.15, 0.2) is 6.61 Å². The number of ether oxygens (including phenoxy) is 2. The lowest BCUT2D eigenvalue weighted by Crippen LogP contribution is -2.43. The van der Waals surface area contributed by atoms with Gasteiger partial charge in [0.1, 0.15) is 18.1 Å². The summed E-state index contributed by atoms with van der Waals surface area (Å²) in [5, 5.41) is 0. The van der Waals surface area contributed by atoms with Gasteiger partial charge in [-0.1, -0.05) is 49.4 Å². The number of amides is 2. The Morgan fingerprint density at radius 2 is 1.50 bits per heavy atom. The van der Waals surface area contributed by atoms with E-state index in [1.807, 2.05) is 55.5 Å². The summed E-state index contributed by atoms with van der Waals surface area (Å²) in [5.41, 5.74) is 7.31. The minimum Gasteiger partial charge on any atom is -0.489 e. The maximum absolute atomic E-state index is 12.2. The van der Waals surface area contributed by atoms with E-state index < -0.39 is 11.8 Å². The number of carbonyl (C=O) groups excluding carboxylic acids is 2. The fourth-order valence-electron chi connectivity index (χ4n) is 2.68. The summed E-state index contributed by atoms with van der Waals surface area (Å²) in [6.45, 7) is 2.30. The normalized spacial score (nSPS) is 10.2. The molecule has 0 bridgehead atoms. The highest BCUT2D eigenvalue weighted by atomic mass is 16.5. The Kier molecular flexibility index (Phi) is 7.44. The van der Waals surface area contributed by atoms with Crippen LogP contribution in [-0.4, -0.2) is 18.4 Å². The number of hydrogen-bond acceptors (Lipinski definition) is 4. The van der Waals surface area contributed by atoms with Crippen LogP contribution in [0.2, 0.25) is 0 Å². The maximum atomic E-state index is 12.2. The molecule has 0 aliphatic carbocycles. The molecule has 2 N–H and O–H groups in total. The molecule has 3 aromatic carbocycles. The third-order valence-electron chi connectivity index (χ3n) is 4.36. The highest BCUT2D eigenvalue weighted by Gasteiger charge is 2.08. The zero-order valence-corrected chi connectivity index (χ0v) is 16.8. The van der Waals surface area contributed by atoms with Crippen molar-refractivity contribution >= 4 is 11.8 Å². The van der Waals surface area contributed by atoms with Crippen molar-refractivity contribution in [1.82, 2.24) is 10.9 Å². The molecular formula is C24H24N2O4. The summed E-state index contributed by atoms with van der Waals surface area (Å²) in [7, 11) is 0. The molecule has 0 heterocycles. The molecule has 0 saturated carbocycles. The van der Waals surface area contributed by atoms with Crippen molar-refractivity contribution in [3.63, 3.8) is 0 Å². The Labute approximate surface area is 175 Å². The zero-order valence-electron chi connectivity index (χ0n) is 16.8. The molecule has 0 aromatic heterocycles. The number of nitrogens with one attached hydrogen (secondary N) is 2. The lowest BCUT2D eigenvalue weighted by Gasteiger charge is -2.10. The second kappa shape index (κ2) is 10.7. The van der Waals surface area contributed by atoms with Crippen molar-refractivity contribution in [2.45, 2.75) is 20.0 Å². The van der Waals surface area contributed by atoms with Gasteiger partial charge in [-0.05, 0) is 53.9 Å². The molecule has 154 valence electrons. The van der Waals surface area contributed by atoms with Crippen LogP contribution in [0.25, 0.3) is 0 Å². The summed E-state index contributed by atoms with van der Waals surface area (Å²) in [6, 6.07) is 24.0. The van der Waals surface area contributed by atoms with Gasteiger partial charge in [0, 0.05) is 5.56 Å². The molecule has 0 aliphatic heterocycles. The van der Waals surface area contributed by atoms with Crippen molar-refractivity contribution in [2.75, 3.05) is 6.61 Å². The number of rotatable bonds is 8. The molecule has 3 aromatic rings. The summed E-state index contributed by atoms with van der Waals surface area (Å²) in [6.07, 6.45) is 0.884. The third-order valence-corrected chi connectivity index (χ3v) is 4.36. The van der Waals surface area contributed by atoms with Gasteiger partial charge in [0.05, 0.1) is 0 Å². The Balaban J connectivity index is 1.42. The van der Waals surface area contributed by atoms with E-state index in [-0.39, 0.29) is 6.61 Å². The smallest absolute Gasteiger partial charge is 0.276 e. The highest BCUT2D eigenvalue weighted by Crippen LogP contribution is 2.15. The third kappa shape index (κ3) is 6.38. The summed E-state index contributed by atoms with van der Waals surface area (Å²) >= 11 is 0. The van der Waals surface area contributed by atoms with Gasteiger partial charge in [-0.2, -0.15) is 0 Å². The van der Waals surface area contributed by atoms with Crippen LogP contribution in [0.15, 0.2) is 78.9 Å². The lowest BCUT2D eigenvalue weighted by atomic mass is 10.2. The molecule has 6 nitrogen and oxygen atoms in total. The van der Waals surface area contributed by atoms with Crippen molar-refractivity contribution in [3.05, 3.63) is 95.6 Å². The van der Waals surface area contributed by atoms with Crippen LogP contribution in [0.3, 0.4) is 0 Å². The van der Waals surface area contributed by atoms with Gasteiger partial charge in [-0.3, -0.25) is 20.4 Å². The van der Waals surface area contributed by atoms with Gasteiger partial charge in [-0.15, -0.1) is 0 Å². The minimum absolute atomic E-state index is 0.195. The fraction of sp³-hybridized carbons (Fsp3) is 0.167. The monoisotopic (exact) mass is 404 g/mol. The van der Waals surface area contributed by atoms with Crippen LogP contribution >= 0.6 is 0 Å². The lowest BCUT2D eigenvalue weighted by molar-refractivity contribution is -0.123. The molecule has 0 atom stereocenters. The van der Waals surface area contributed by atoms with Crippen LogP contribution in [0.1, 0.15) is 28.4 Å². The SMILES string of the molecule is CCc1cccc(OCC(=O)NNC(=O)c2ccc(OCc3ccccc3)cc2)c1. The van der Waals surface area contributed by atoms with Gasteiger partial charge in [0.25, 0.3) is 11.8 Å². The predicted octanol–water partition coefficient (Wildman–Crippen LogP) is 3.67. The van der Waals surface area contributed by atoms with Gasteiger partial charge in [-0.25, -0.2) is 0 Å². The predicted molar refractivity (Wildman–Crippen MR) is 114 cm³/mol. The standard InChI is InChI=1S/C24H24N2O4/c1-2-18-9-6-10-22(15-18)30-17-23(27)25-26-24(28)20-11-13-21(14-12-20)29-16-19-7-4-3-5-8-19/h3-15H,2,16-17H2,1H3,(H,25,27)(H,26,28). The van der Waals surface area contributed by atoms with E-state index in [0.717, 1.165) is 17.5 Å². The van der Waals surface area contributed by atoms with Crippen LogP contribution in [-0.2, 0) is 17.8 Å². The number of benzene rings is 3. The number of carbonyl (C=O) groups is 2. The first-order valence-corrected chi connectivity index (χ1v) is 9.72. The Morgan fingerprint density at radius 3 is 2.23 bits per heavy atom. The largest absolute Gasteiger partial charge is 0.489 e.